The van der Waals surface area contributed by atoms with Crippen LogP contribution in [0.4, 0.5) is 5.69 Å². The van der Waals surface area contributed by atoms with Crippen LogP contribution in [0.15, 0.2) is 62.7 Å². The van der Waals surface area contributed by atoms with E-state index in [1.54, 1.807) is 31.2 Å². The third-order valence-electron chi connectivity index (χ3n) is 4.46. The maximum Gasteiger partial charge on any atom is 0.273 e. The van der Waals surface area contributed by atoms with Gasteiger partial charge in [-0.3, -0.25) is 14.9 Å². The molecule has 0 radical (unpaired) electrons. The number of hydrogen-bond acceptors (Lipinski definition) is 5. The van der Waals surface area contributed by atoms with Crippen LogP contribution in [0.1, 0.15) is 27.2 Å². The largest absolute Gasteiger partial charge is 0.457 e. The van der Waals surface area contributed by atoms with E-state index in [2.05, 4.69) is 0 Å². The van der Waals surface area contributed by atoms with Gasteiger partial charge < -0.3 is 4.42 Å². The normalized spacial score (nSPS) is 14.6. The molecule has 3 aromatic rings. The van der Waals surface area contributed by atoms with Crippen LogP contribution < -0.4 is 0 Å². The Balaban J connectivity index is 1.70. The molecule has 6 heteroatoms. The maximum atomic E-state index is 12.5. The molecular weight excluding hydrogens is 362 g/mol. The number of rotatable bonds is 3. The molecule has 2 heterocycles. The number of thioether (sulfide) groups is 1. The minimum atomic E-state index is -0.386. The highest BCUT2D eigenvalue weighted by Crippen LogP contribution is 2.41. The lowest BCUT2D eigenvalue weighted by Gasteiger charge is -2.05. The summed E-state index contributed by atoms with van der Waals surface area (Å²) in [7, 11) is 0. The van der Waals surface area contributed by atoms with Gasteiger partial charge in [0.2, 0.25) is 5.78 Å². The molecule has 27 heavy (non-hydrogen) atoms. The fourth-order valence-electron chi connectivity index (χ4n) is 3.13. The van der Waals surface area contributed by atoms with Crippen molar-refractivity contribution >= 4 is 29.3 Å². The lowest BCUT2D eigenvalue weighted by Crippen LogP contribution is -1.95. The molecule has 1 aliphatic rings. The number of hydrogen-bond donors (Lipinski definition) is 0. The first-order valence-corrected chi connectivity index (χ1v) is 9.15. The summed E-state index contributed by atoms with van der Waals surface area (Å²) in [5.74, 6) is 1.06. The molecule has 1 aromatic heterocycles. The maximum absolute atomic E-state index is 12.5. The lowest BCUT2D eigenvalue weighted by atomic mass is 10.0. The van der Waals surface area contributed by atoms with E-state index in [1.165, 1.54) is 11.8 Å². The molecule has 0 amide bonds. The molecule has 5 nitrogen and oxygen atoms in total. The Hall–Kier alpha value is -3.12. The zero-order chi connectivity index (χ0) is 19.1. The number of nitro groups is 1. The van der Waals surface area contributed by atoms with E-state index in [0.717, 1.165) is 10.5 Å². The number of carbonyl (C=O) groups excluding carboxylic acids is 1. The summed E-state index contributed by atoms with van der Waals surface area (Å²) in [6, 6.07) is 14.4. The second-order valence-electron chi connectivity index (χ2n) is 6.35. The number of aryl methyl sites for hydroxylation is 1. The molecule has 4 rings (SSSR count). The van der Waals surface area contributed by atoms with Crippen molar-refractivity contribution in [2.75, 3.05) is 0 Å². The van der Waals surface area contributed by atoms with E-state index >= 15 is 0 Å². The Labute approximate surface area is 159 Å². The molecule has 134 valence electrons. The number of Topliss-reactive ketones (excluding diaryl/α,β-unsaturated/α-hetero) is 1. The molecule has 2 aromatic carbocycles. The third-order valence-corrected chi connectivity index (χ3v) is 5.56. The van der Waals surface area contributed by atoms with Gasteiger partial charge in [-0.1, -0.05) is 23.9 Å². The summed E-state index contributed by atoms with van der Waals surface area (Å²) in [4.78, 5) is 24.9. The van der Waals surface area contributed by atoms with Crippen molar-refractivity contribution in [3.05, 3.63) is 86.0 Å². The first-order valence-electron chi connectivity index (χ1n) is 8.33. The van der Waals surface area contributed by atoms with Crippen LogP contribution in [0.2, 0.25) is 0 Å². The van der Waals surface area contributed by atoms with Gasteiger partial charge >= 0.3 is 0 Å². The van der Waals surface area contributed by atoms with Crippen LogP contribution >= 0.6 is 11.8 Å². The highest BCUT2D eigenvalue weighted by atomic mass is 32.2. The van der Waals surface area contributed by atoms with Crippen molar-refractivity contribution in [3.63, 3.8) is 0 Å². The zero-order valence-electron chi connectivity index (χ0n) is 14.7. The van der Waals surface area contributed by atoms with Crippen molar-refractivity contribution in [2.24, 2.45) is 0 Å². The van der Waals surface area contributed by atoms with Crippen molar-refractivity contribution in [1.82, 2.24) is 0 Å². The predicted octanol–water partition coefficient (Wildman–Crippen LogP) is 5.80. The van der Waals surface area contributed by atoms with E-state index in [0.29, 0.717) is 33.1 Å². The summed E-state index contributed by atoms with van der Waals surface area (Å²) < 4.78 is 5.88. The second kappa shape index (κ2) is 6.55. The molecule has 0 unspecified atom stereocenters. The summed E-state index contributed by atoms with van der Waals surface area (Å²) in [5.41, 5.74) is 2.79. The van der Waals surface area contributed by atoms with Crippen LogP contribution in [0, 0.1) is 24.0 Å². The standard InChI is InChI=1S/C21H15NO4S/c1-12-9-16(13(2)17(10-12)22(24)25)18-8-7-14(26-18)11-20-21(23)15-5-3-4-6-19(15)27-20/h3-11H,1-2H3. The van der Waals surface area contributed by atoms with Gasteiger partial charge in [0, 0.05) is 27.7 Å². The van der Waals surface area contributed by atoms with Crippen LogP contribution in [-0.4, -0.2) is 10.7 Å². The zero-order valence-corrected chi connectivity index (χ0v) is 15.5. The first-order chi connectivity index (χ1) is 12.9. The number of carbonyl (C=O) groups is 1. The summed E-state index contributed by atoms with van der Waals surface area (Å²) in [5, 5.41) is 11.3. The first kappa shape index (κ1) is 17.3. The van der Waals surface area contributed by atoms with E-state index in [4.69, 9.17) is 4.42 Å². The number of nitrogens with zero attached hydrogens (tertiary/aromatic N) is 1. The van der Waals surface area contributed by atoms with Gasteiger partial charge in [0.15, 0.2) is 0 Å². The van der Waals surface area contributed by atoms with Gasteiger partial charge in [0.1, 0.15) is 11.5 Å². The minimum absolute atomic E-state index is 0.0177. The SMILES string of the molecule is Cc1cc(-c2ccc(C=C3Sc4ccccc4C3=O)o2)c(C)c([N+](=O)[O-])c1. The number of benzene rings is 2. The lowest BCUT2D eigenvalue weighted by molar-refractivity contribution is -0.385. The molecule has 0 aliphatic carbocycles. The van der Waals surface area contributed by atoms with Gasteiger partial charge in [0.05, 0.1) is 9.83 Å². The summed E-state index contributed by atoms with van der Waals surface area (Å²) in [6.45, 7) is 3.52. The fraction of sp³-hybridized carbons (Fsp3) is 0.0952. The molecular formula is C21H15NO4S. The molecule has 0 saturated carbocycles. The molecule has 0 spiro atoms. The Morgan fingerprint density at radius 2 is 1.85 bits per heavy atom. The van der Waals surface area contributed by atoms with Crippen LogP contribution in [0.25, 0.3) is 17.4 Å². The fourth-order valence-corrected chi connectivity index (χ4v) is 4.16. The quantitative estimate of drug-likeness (QED) is 0.327. The van der Waals surface area contributed by atoms with Crippen molar-refractivity contribution in [1.29, 1.82) is 0 Å². The number of ketones is 1. The Morgan fingerprint density at radius 1 is 1.07 bits per heavy atom. The van der Waals surface area contributed by atoms with Crippen molar-refractivity contribution in [2.45, 2.75) is 18.7 Å². The van der Waals surface area contributed by atoms with Gasteiger partial charge in [0.25, 0.3) is 5.69 Å². The van der Waals surface area contributed by atoms with E-state index in [9.17, 15) is 14.9 Å². The second-order valence-corrected chi connectivity index (χ2v) is 7.44. The van der Waals surface area contributed by atoms with E-state index in [1.807, 2.05) is 37.3 Å². The monoisotopic (exact) mass is 377 g/mol. The number of allylic oxidation sites excluding steroid dienone is 1. The average Bonchev–Trinajstić information content (AvgIpc) is 3.22. The summed E-state index contributed by atoms with van der Waals surface area (Å²) in [6.07, 6.45) is 1.72. The highest BCUT2D eigenvalue weighted by molar-refractivity contribution is 8.04. The number of nitro benzene ring substituents is 1. The van der Waals surface area contributed by atoms with E-state index < -0.39 is 0 Å². The smallest absolute Gasteiger partial charge is 0.273 e. The Bertz CT molecular complexity index is 1130. The van der Waals surface area contributed by atoms with Crippen LogP contribution in [0.3, 0.4) is 0 Å². The minimum Gasteiger partial charge on any atom is -0.457 e. The van der Waals surface area contributed by atoms with Gasteiger partial charge in [-0.25, -0.2) is 0 Å². The van der Waals surface area contributed by atoms with Crippen LogP contribution in [-0.2, 0) is 0 Å². The van der Waals surface area contributed by atoms with Gasteiger partial charge in [-0.05, 0) is 55.8 Å². The predicted molar refractivity (Wildman–Crippen MR) is 105 cm³/mol. The molecule has 0 saturated heterocycles. The summed E-state index contributed by atoms with van der Waals surface area (Å²) >= 11 is 1.42. The topological polar surface area (TPSA) is 73.3 Å². The van der Waals surface area contributed by atoms with Gasteiger partial charge in [-0.2, -0.15) is 0 Å². The van der Waals surface area contributed by atoms with Crippen molar-refractivity contribution in [3.8, 4) is 11.3 Å². The molecule has 0 fully saturated rings. The average molecular weight is 377 g/mol. The van der Waals surface area contributed by atoms with Crippen molar-refractivity contribution < 1.29 is 14.1 Å². The third kappa shape index (κ3) is 3.08. The Morgan fingerprint density at radius 3 is 2.59 bits per heavy atom. The highest BCUT2D eigenvalue weighted by Gasteiger charge is 2.25. The van der Waals surface area contributed by atoms with Gasteiger partial charge in [-0.15, -0.1) is 0 Å². The Kier molecular flexibility index (Phi) is 4.20. The molecule has 0 bridgehead atoms. The molecule has 1 aliphatic heterocycles. The van der Waals surface area contributed by atoms with Crippen LogP contribution in [0.5, 0.6) is 0 Å². The van der Waals surface area contributed by atoms with E-state index in [-0.39, 0.29) is 16.4 Å². The number of furan rings is 1. The molecule has 0 N–H and O–H groups in total. The molecule has 0 atom stereocenters. The number of fused-ring (bicyclic) bond motifs is 1.